The fourth-order valence-corrected chi connectivity index (χ4v) is 2.09. The van der Waals surface area contributed by atoms with Crippen molar-refractivity contribution in [2.24, 2.45) is 0 Å². The van der Waals surface area contributed by atoms with E-state index in [4.69, 9.17) is 16.3 Å². The van der Waals surface area contributed by atoms with Crippen LogP contribution in [0.5, 0.6) is 5.75 Å². The maximum absolute atomic E-state index is 9.62. The summed E-state index contributed by atoms with van der Waals surface area (Å²) in [6, 6.07) is 14.9. The van der Waals surface area contributed by atoms with Crippen LogP contribution in [0.1, 0.15) is 0 Å². The second kappa shape index (κ2) is 4.27. The standard InChI is InChI=1S/C14H10ClNO2/c15-10-4-3-5-11(8-10)16-9-14(17)18-13-7-2-1-6-12(13)16/h1-9,17H. The van der Waals surface area contributed by atoms with Crippen molar-refractivity contribution in [2.75, 3.05) is 4.90 Å². The number of aliphatic hydroxyl groups excluding tert-OH is 1. The van der Waals surface area contributed by atoms with E-state index >= 15 is 0 Å². The highest BCUT2D eigenvalue weighted by Gasteiger charge is 2.19. The summed E-state index contributed by atoms with van der Waals surface area (Å²) in [5.74, 6) is 0.464. The Labute approximate surface area is 109 Å². The van der Waals surface area contributed by atoms with Gasteiger partial charge in [-0.2, -0.15) is 0 Å². The number of halogens is 1. The average Bonchev–Trinajstić information content (AvgIpc) is 2.37. The van der Waals surface area contributed by atoms with E-state index in [0.29, 0.717) is 10.8 Å². The second-order valence-electron chi connectivity index (χ2n) is 3.89. The van der Waals surface area contributed by atoms with E-state index in [9.17, 15) is 5.11 Å². The summed E-state index contributed by atoms with van der Waals surface area (Å²) in [5, 5.41) is 10.3. The van der Waals surface area contributed by atoms with Gasteiger partial charge in [0, 0.05) is 10.7 Å². The predicted octanol–water partition coefficient (Wildman–Crippen LogP) is 4.23. The minimum atomic E-state index is -0.145. The lowest BCUT2D eigenvalue weighted by molar-refractivity contribution is 0.204. The van der Waals surface area contributed by atoms with Gasteiger partial charge in [0.15, 0.2) is 5.75 Å². The molecule has 3 rings (SSSR count). The molecule has 0 aliphatic carbocycles. The molecule has 1 aliphatic heterocycles. The summed E-state index contributed by atoms with van der Waals surface area (Å²) < 4.78 is 5.26. The molecule has 0 saturated heterocycles. The number of hydrogen-bond acceptors (Lipinski definition) is 3. The molecule has 2 aromatic carbocycles. The summed E-state index contributed by atoms with van der Waals surface area (Å²) in [5.41, 5.74) is 1.72. The van der Waals surface area contributed by atoms with Gasteiger partial charge in [-0.25, -0.2) is 0 Å². The van der Waals surface area contributed by atoms with Crippen LogP contribution in [0.25, 0.3) is 0 Å². The summed E-state index contributed by atoms with van der Waals surface area (Å²) in [6.07, 6.45) is 1.52. The van der Waals surface area contributed by atoms with Crippen LogP contribution < -0.4 is 9.64 Å². The zero-order valence-corrected chi connectivity index (χ0v) is 10.1. The Morgan fingerprint density at radius 2 is 1.89 bits per heavy atom. The molecule has 0 atom stereocenters. The number of ether oxygens (including phenoxy) is 1. The molecule has 0 spiro atoms. The van der Waals surface area contributed by atoms with E-state index in [0.717, 1.165) is 11.4 Å². The molecule has 0 unspecified atom stereocenters. The van der Waals surface area contributed by atoms with Crippen molar-refractivity contribution in [3.05, 3.63) is 65.7 Å². The number of aliphatic hydroxyl groups is 1. The van der Waals surface area contributed by atoms with Crippen LogP contribution >= 0.6 is 11.6 Å². The first kappa shape index (κ1) is 11.0. The Balaban J connectivity index is 2.13. The van der Waals surface area contributed by atoms with Gasteiger partial charge in [0.05, 0.1) is 11.9 Å². The zero-order valence-electron chi connectivity index (χ0n) is 9.38. The highest BCUT2D eigenvalue weighted by molar-refractivity contribution is 6.30. The Morgan fingerprint density at radius 3 is 2.72 bits per heavy atom. The monoisotopic (exact) mass is 259 g/mol. The van der Waals surface area contributed by atoms with Crippen molar-refractivity contribution in [3.63, 3.8) is 0 Å². The summed E-state index contributed by atoms with van der Waals surface area (Å²) >= 11 is 5.99. The molecule has 3 nitrogen and oxygen atoms in total. The van der Waals surface area contributed by atoms with Gasteiger partial charge in [-0.05, 0) is 30.3 Å². The van der Waals surface area contributed by atoms with Crippen LogP contribution in [0.2, 0.25) is 5.02 Å². The normalized spacial score (nSPS) is 13.6. The molecule has 2 aromatic rings. The highest BCUT2D eigenvalue weighted by Crippen LogP contribution is 2.38. The average molecular weight is 260 g/mol. The number of hydrogen-bond donors (Lipinski definition) is 1. The molecule has 4 heteroatoms. The molecule has 0 radical (unpaired) electrons. The Bertz CT molecular complexity index is 625. The third kappa shape index (κ3) is 1.89. The van der Waals surface area contributed by atoms with E-state index in [2.05, 4.69) is 0 Å². The predicted molar refractivity (Wildman–Crippen MR) is 71.4 cm³/mol. The van der Waals surface area contributed by atoms with E-state index in [1.54, 1.807) is 12.1 Å². The first-order chi connectivity index (χ1) is 8.74. The van der Waals surface area contributed by atoms with Crippen LogP contribution in [0, 0.1) is 0 Å². The van der Waals surface area contributed by atoms with Crippen molar-refractivity contribution in [2.45, 2.75) is 0 Å². The molecule has 0 bridgehead atoms. The van der Waals surface area contributed by atoms with E-state index < -0.39 is 0 Å². The SMILES string of the molecule is OC1=CN(c2cccc(Cl)c2)c2ccccc2O1. The number of rotatable bonds is 1. The van der Waals surface area contributed by atoms with Crippen molar-refractivity contribution in [1.82, 2.24) is 0 Å². The molecule has 18 heavy (non-hydrogen) atoms. The van der Waals surface area contributed by atoms with E-state index in [1.807, 2.05) is 41.3 Å². The maximum Gasteiger partial charge on any atom is 0.299 e. The van der Waals surface area contributed by atoms with Gasteiger partial charge in [0.1, 0.15) is 0 Å². The fraction of sp³-hybridized carbons (Fsp3) is 0. The molecular formula is C14H10ClNO2. The Morgan fingerprint density at radius 1 is 1.06 bits per heavy atom. The topological polar surface area (TPSA) is 32.7 Å². The third-order valence-corrected chi connectivity index (χ3v) is 2.90. The van der Waals surface area contributed by atoms with Gasteiger partial charge in [-0.15, -0.1) is 0 Å². The van der Waals surface area contributed by atoms with Crippen LogP contribution in [-0.4, -0.2) is 5.11 Å². The number of nitrogens with zero attached hydrogens (tertiary/aromatic N) is 1. The van der Waals surface area contributed by atoms with Gasteiger partial charge in [0.2, 0.25) is 0 Å². The van der Waals surface area contributed by atoms with Gasteiger partial charge in [-0.1, -0.05) is 29.8 Å². The van der Waals surface area contributed by atoms with Crippen LogP contribution in [0.3, 0.4) is 0 Å². The molecule has 0 saturated carbocycles. The lowest BCUT2D eigenvalue weighted by Crippen LogP contribution is -2.17. The number of fused-ring (bicyclic) bond motifs is 1. The highest BCUT2D eigenvalue weighted by atomic mass is 35.5. The first-order valence-corrected chi connectivity index (χ1v) is 5.84. The second-order valence-corrected chi connectivity index (χ2v) is 4.32. The molecule has 90 valence electrons. The van der Waals surface area contributed by atoms with Gasteiger partial charge < -0.3 is 14.7 Å². The fourth-order valence-electron chi connectivity index (χ4n) is 1.90. The van der Waals surface area contributed by atoms with Crippen LogP contribution in [0.4, 0.5) is 11.4 Å². The molecular weight excluding hydrogens is 250 g/mol. The molecule has 0 aromatic heterocycles. The lowest BCUT2D eigenvalue weighted by atomic mass is 10.2. The number of para-hydroxylation sites is 2. The molecule has 0 amide bonds. The Hall–Kier alpha value is -2.13. The van der Waals surface area contributed by atoms with E-state index in [1.165, 1.54) is 6.20 Å². The van der Waals surface area contributed by atoms with Crippen LogP contribution in [0.15, 0.2) is 60.7 Å². The smallest absolute Gasteiger partial charge is 0.299 e. The molecule has 1 heterocycles. The summed E-state index contributed by atoms with van der Waals surface area (Å²) in [6.45, 7) is 0. The maximum atomic E-state index is 9.62. The minimum absolute atomic E-state index is 0.145. The number of benzene rings is 2. The Kier molecular flexibility index (Phi) is 2.61. The largest absolute Gasteiger partial charge is 0.480 e. The summed E-state index contributed by atoms with van der Waals surface area (Å²) in [4.78, 5) is 1.83. The van der Waals surface area contributed by atoms with Crippen molar-refractivity contribution in [1.29, 1.82) is 0 Å². The van der Waals surface area contributed by atoms with Crippen molar-refractivity contribution >= 4 is 23.0 Å². The zero-order chi connectivity index (χ0) is 12.5. The quantitative estimate of drug-likeness (QED) is 0.832. The molecule has 1 aliphatic rings. The third-order valence-electron chi connectivity index (χ3n) is 2.67. The van der Waals surface area contributed by atoms with Crippen LogP contribution in [-0.2, 0) is 0 Å². The summed E-state index contributed by atoms with van der Waals surface area (Å²) in [7, 11) is 0. The van der Waals surface area contributed by atoms with Gasteiger partial charge in [-0.3, -0.25) is 0 Å². The first-order valence-electron chi connectivity index (χ1n) is 5.46. The van der Waals surface area contributed by atoms with Gasteiger partial charge >= 0.3 is 0 Å². The lowest BCUT2D eigenvalue weighted by Gasteiger charge is -2.27. The van der Waals surface area contributed by atoms with Gasteiger partial charge in [0.25, 0.3) is 5.95 Å². The van der Waals surface area contributed by atoms with E-state index in [-0.39, 0.29) is 5.95 Å². The van der Waals surface area contributed by atoms with Crippen molar-refractivity contribution in [3.8, 4) is 5.75 Å². The number of anilines is 2. The molecule has 0 fully saturated rings. The minimum Gasteiger partial charge on any atom is -0.480 e. The molecule has 1 N–H and O–H groups in total. The van der Waals surface area contributed by atoms with Crippen molar-refractivity contribution < 1.29 is 9.84 Å².